The molecular weight excluding hydrogens is 540 g/mol. The van der Waals surface area contributed by atoms with Gasteiger partial charge in [0, 0.05) is 0 Å². The number of hydrogen-bond acceptors (Lipinski definition) is 0. The molecule has 8 aromatic rings. The van der Waals surface area contributed by atoms with E-state index in [1.165, 1.54) is 82.7 Å². The second-order valence-corrected chi connectivity index (χ2v) is 11.8. The maximum Gasteiger partial charge on any atom is -0.00262 e. The summed E-state index contributed by atoms with van der Waals surface area (Å²) in [5.74, 6) is 0. The first-order valence-corrected chi connectivity index (χ1v) is 15.6. The van der Waals surface area contributed by atoms with Gasteiger partial charge in [-0.3, -0.25) is 0 Å². The van der Waals surface area contributed by atoms with Gasteiger partial charge in [-0.1, -0.05) is 164 Å². The number of rotatable bonds is 5. The van der Waals surface area contributed by atoms with Gasteiger partial charge >= 0.3 is 0 Å². The van der Waals surface area contributed by atoms with Crippen LogP contribution in [-0.4, -0.2) is 0 Å². The molecule has 0 bridgehead atoms. The molecule has 0 aliphatic carbocycles. The molecule has 0 aliphatic heterocycles. The normalized spacial score (nSPS) is 11.2. The van der Waals surface area contributed by atoms with Gasteiger partial charge < -0.3 is 0 Å². The highest BCUT2D eigenvalue weighted by molar-refractivity contribution is 6.21. The van der Waals surface area contributed by atoms with E-state index in [9.17, 15) is 0 Å². The molecule has 0 aliphatic rings. The van der Waals surface area contributed by atoms with Crippen molar-refractivity contribution in [2.45, 2.75) is 6.92 Å². The first-order valence-electron chi connectivity index (χ1n) is 15.6. The van der Waals surface area contributed by atoms with E-state index in [1.807, 2.05) is 0 Å². The van der Waals surface area contributed by atoms with E-state index in [1.54, 1.807) is 0 Å². The van der Waals surface area contributed by atoms with Gasteiger partial charge in [0.2, 0.25) is 0 Å². The van der Waals surface area contributed by atoms with Gasteiger partial charge in [-0.05, 0) is 102 Å². The Morgan fingerprint density at radius 3 is 1.24 bits per heavy atom. The van der Waals surface area contributed by atoms with Crippen molar-refractivity contribution >= 4 is 21.5 Å². The molecule has 0 radical (unpaired) electrons. The average Bonchev–Trinajstić information content (AvgIpc) is 3.11. The first-order chi connectivity index (χ1) is 22.2. The highest BCUT2D eigenvalue weighted by Gasteiger charge is 2.17. The third-order valence-corrected chi connectivity index (χ3v) is 9.02. The minimum Gasteiger partial charge on any atom is -0.0622 e. The maximum absolute atomic E-state index is 2.38. The van der Waals surface area contributed by atoms with Crippen molar-refractivity contribution in [2.24, 2.45) is 0 Å². The third kappa shape index (κ3) is 4.91. The molecule has 0 saturated heterocycles. The molecular formula is C45H32. The largest absolute Gasteiger partial charge is 0.0622 e. The lowest BCUT2D eigenvalue weighted by atomic mass is 9.85. The first kappa shape index (κ1) is 26.9. The van der Waals surface area contributed by atoms with Crippen LogP contribution in [0.1, 0.15) is 5.56 Å². The summed E-state index contributed by atoms with van der Waals surface area (Å²) < 4.78 is 0. The van der Waals surface area contributed by atoms with Crippen molar-refractivity contribution in [3.63, 3.8) is 0 Å². The highest BCUT2D eigenvalue weighted by atomic mass is 14.2. The lowest BCUT2D eigenvalue weighted by Gasteiger charge is -2.18. The van der Waals surface area contributed by atoms with E-state index < -0.39 is 0 Å². The van der Waals surface area contributed by atoms with Crippen LogP contribution in [0.4, 0.5) is 0 Å². The molecule has 0 saturated carbocycles. The predicted molar refractivity (Wildman–Crippen MR) is 193 cm³/mol. The summed E-state index contributed by atoms with van der Waals surface area (Å²) in [5, 5.41) is 5.10. The lowest BCUT2D eigenvalue weighted by Crippen LogP contribution is -1.91. The summed E-state index contributed by atoms with van der Waals surface area (Å²) in [6.07, 6.45) is 0. The zero-order chi connectivity index (χ0) is 30.2. The molecule has 0 aromatic heterocycles. The monoisotopic (exact) mass is 572 g/mol. The Hall–Kier alpha value is -5.72. The van der Waals surface area contributed by atoms with E-state index in [0.717, 1.165) is 0 Å². The van der Waals surface area contributed by atoms with Gasteiger partial charge in [-0.25, -0.2) is 0 Å². The Balaban J connectivity index is 1.26. The van der Waals surface area contributed by atoms with Crippen LogP contribution >= 0.6 is 0 Å². The zero-order valence-electron chi connectivity index (χ0n) is 25.2. The van der Waals surface area contributed by atoms with E-state index >= 15 is 0 Å². The van der Waals surface area contributed by atoms with Crippen molar-refractivity contribution in [2.75, 3.05) is 0 Å². The fourth-order valence-corrected chi connectivity index (χ4v) is 6.80. The second-order valence-electron chi connectivity index (χ2n) is 11.8. The summed E-state index contributed by atoms with van der Waals surface area (Å²) >= 11 is 0. The van der Waals surface area contributed by atoms with Gasteiger partial charge in [0.05, 0.1) is 0 Å². The fourth-order valence-electron chi connectivity index (χ4n) is 6.80. The van der Waals surface area contributed by atoms with Gasteiger partial charge in [-0.15, -0.1) is 0 Å². The molecule has 0 spiro atoms. The van der Waals surface area contributed by atoms with Crippen molar-refractivity contribution < 1.29 is 0 Å². The molecule has 0 fully saturated rings. The third-order valence-electron chi connectivity index (χ3n) is 9.02. The van der Waals surface area contributed by atoms with Crippen LogP contribution in [0.15, 0.2) is 176 Å². The van der Waals surface area contributed by atoms with Crippen LogP contribution in [0.3, 0.4) is 0 Å². The van der Waals surface area contributed by atoms with Crippen molar-refractivity contribution in [1.82, 2.24) is 0 Å². The van der Waals surface area contributed by atoms with E-state index in [-0.39, 0.29) is 0 Å². The smallest absolute Gasteiger partial charge is 0.00262 e. The van der Waals surface area contributed by atoms with E-state index in [4.69, 9.17) is 0 Å². The van der Waals surface area contributed by atoms with E-state index in [2.05, 4.69) is 183 Å². The SMILES string of the molecule is Cc1ccc(-c2ccc(-c3ccccc3)cc2)cc1-c1cccc(-c2c3ccccc3c(-c3ccccc3)c3ccccc23)c1. The predicted octanol–water partition coefficient (Wildman–Crippen LogP) is 12.6. The average molecular weight is 573 g/mol. The number of fused-ring (bicyclic) bond motifs is 2. The van der Waals surface area contributed by atoms with E-state index in [0.29, 0.717) is 0 Å². The number of hydrogen-bond donors (Lipinski definition) is 0. The Kier molecular flexibility index (Phi) is 6.81. The van der Waals surface area contributed by atoms with Crippen LogP contribution in [0, 0.1) is 6.92 Å². The Morgan fingerprint density at radius 1 is 0.267 bits per heavy atom. The number of aryl methyl sites for hydroxylation is 1. The molecule has 8 aromatic carbocycles. The quantitative estimate of drug-likeness (QED) is 0.180. The van der Waals surface area contributed by atoms with Gasteiger partial charge in [0.15, 0.2) is 0 Å². The lowest BCUT2D eigenvalue weighted by molar-refractivity contribution is 1.45. The summed E-state index contributed by atoms with van der Waals surface area (Å²) in [4.78, 5) is 0. The maximum atomic E-state index is 2.38. The topological polar surface area (TPSA) is 0 Å². The van der Waals surface area contributed by atoms with Crippen LogP contribution in [0.5, 0.6) is 0 Å². The zero-order valence-corrected chi connectivity index (χ0v) is 25.2. The molecule has 0 amide bonds. The van der Waals surface area contributed by atoms with Crippen LogP contribution in [0.2, 0.25) is 0 Å². The van der Waals surface area contributed by atoms with Crippen molar-refractivity contribution in [1.29, 1.82) is 0 Å². The molecule has 0 heterocycles. The summed E-state index contributed by atoms with van der Waals surface area (Å²) in [6.45, 7) is 2.21. The summed E-state index contributed by atoms with van der Waals surface area (Å²) in [6, 6.07) is 63.9. The Labute approximate surface area is 264 Å². The van der Waals surface area contributed by atoms with Crippen LogP contribution in [-0.2, 0) is 0 Å². The van der Waals surface area contributed by atoms with Gasteiger partial charge in [0.25, 0.3) is 0 Å². The Morgan fingerprint density at radius 2 is 0.667 bits per heavy atom. The summed E-state index contributed by atoms with van der Waals surface area (Å²) in [5.41, 5.74) is 13.7. The Bertz CT molecular complexity index is 2240. The minimum absolute atomic E-state index is 1.22. The number of benzene rings is 8. The molecule has 0 heteroatoms. The molecule has 0 atom stereocenters. The molecule has 0 N–H and O–H groups in total. The minimum atomic E-state index is 1.22. The second kappa shape index (κ2) is 11.4. The van der Waals surface area contributed by atoms with Gasteiger partial charge in [-0.2, -0.15) is 0 Å². The highest BCUT2D eigenvalue weighted by Crippen LogP contribution is 2.44. The molecule has 0 unspecified atom stereocenters. The van der Waals surface area contributed by atoms with Gasteiger partial charge in [0.1, 0.15) is 0 Å². The standard InChI is InChI=1S/C45H32/c1-31-23-24-36(34-27-25-33(26-28-34)32-13-4-2-5-14-32)30-43(31)37-17-12-18-38(29-37)45-41-21-10-8-19-39(41)44(35-15-6-3-7-16-35)40-20-9-11-22-42(40)45/h2-30H,1H3. The van der Waals surface area contributed by atoms with Crippen LogP contribution < -0.4 is 0 Å². The van der Waals surface area contributed by atoms with Crippen molar-refractivity contribution in [3.8, 4) is 55.6 Å². The molecule has 45 heavy (non-hydrogen) atoms. The van der Waals surface area contributed by atoms with Crippen LogP contribution in [0.25, 0.3) is 77.2 Å². The van der Waals surface area contributed by atoms with Crippen molar-refractivity contribution in [3.05, 3.63) is 181 Å². The fraction of sp³-hybridized carbons (Fsp3) is 0.0222. The molecule has 8 rings (SSSR count). The molecule has 0 nitrogen and oxygen atoms in total. The summed E-state index contributed by atoms with van der Waals surface area (Å²) in [7, 11) is 0. The molecule has 212 valence electrons.